The zero-order valence-electron chi connectivity index (χ0n) is 23.5. The minimum absolute atomic E-state index is 0.390. The van der Waals surface area contributed by atoms with Crippen LogP contribution in [0.25, 0.3) is 21.5 Å². The van der Waals surface area contributed by atoms with E-state index in [1.165, 1.54) is 28.5 Å². The third-order valence-electron chi connectivity index (χ3n) is 6.94. The minimum atomic E-state index is -1.59. The van der Waals surface area contributed by atoms with Crippen molar-refractivity contribution in [3.63, 3.8) is 0 Å². The van der Waals surface area contributed by atoms with Crippen LogP contribution in [0.4, 0.5) is 0 Å². The molecule has 0 spiro atoms. The van der Waals surface area contributed by atoms with E-state index in [-0.39, 0.29) is 5.78 Å². The molecule has 0 fully saturated rings. The zero-order chi connectivity index (χ0) is 29.1. The van der Waals surface area contributed by atoms with Crippen molar-refractivity contribution < 1.29 is 14.6 Å². The van der Waals surface area contributed by atoms with Crippen LogP contribution in [0.3, 0.4) is 0 Å². The van der Waals surface area contributed by atoms with Gasteiger partial charge in [-0.3, -0.25) is 10.1 Å². The first kappa shape index (κ1) is 29.9. The number of fused-ring (bicyclic) bond motifs is 2. The van der Waals surface area contributed by atoms with Crippen LogP contribution in [-0.2, 0) is 11.2 Å². The molecule has 41 heavy (non-hydrogen) atoms. The third kappa shape index (κ3) is 8.71. The van der Waals surface area contributed by atoms with Crippen molar-refractivity contribution in [2.24, 2.45) is 11.5 Å². The fraction of sp³-hybridized carbons (Fsp3) is 0.229. The number of ether oxygens (including phenoxy) is 1. The molecule has 5 rings (SSSR count). The molecule has 0 radical (unpaired) electrons. The number of hydrogen-bond donors (Lipinski definition) is 4. The molecule has 5 aromatic carbocycles. The van der Waals surface area contributed by atoms with Crippen LogP contribution in [0.5, 0.6) is 11.5 Å². The number of aliphatic hydroxyl groups is 1. The van der Waals surface area contributed by atoms with Crippen molar-refractivity contribution in [2.75, 3.05) is 13.1 Å². The van der Waals surface area contributed by atoms with Crippen LogP contribution in [0.2, 0.25) is 0 Å². The molecule has 0 saturated heterocycles. The summed E-state index contributed by atoms with van der Waals surface area (Å²) in [6.45, 7) is 2.44. The molecule has 0 aliphatic carbocycles. The molecule has 6 heteroatoms. The summed E-state index contributed by atoms with van der Waals surface area (Å²) in [7, 11) is 0. The van der Waals surface area contributed by atoms with Crippen LogP contribution < -0.4 is 21.5 Å². The first-order valence-electron chi connectivity index (χ1n) is 14.0. The van der Waals surface area contributed by atoms with Gasteiger partial charge in [-0.25, -0.2) is 0 Å². The van der Waals surface area contributed by atoms with Gasteiger partial charge in [0.05, 0.1) is 6.04 Å². The number of hydrogen-bond acceptors (Lipinski definition) is 6. The topological polar surface area (TPSA) is 111 Å². The van der Waals surface area contributed by atoms with Gasteiger partial charge < -0.3 is 21.3 Å². The van der Waals surface area contributed by atoms with Gasteiger partial charge in [-0.05, 0) is 84.1 Å². The van der Waals surface area contributed by atoms with Gasteiger partial charge in [0.2, 0.25) is 0 Å². The van der Waals surface area contributed by atoms with Gasteiger partial charge in [0.1, 0.15) is 11.5 Å². The summed E-state index contributed by atoms with van der Waals surface area (Å²) in [5, 5.41) is 17.8. The highest BCUT2D eigenvalue weighted by atomic mass is 16.5. The van der Waals surface area contributed by atoms with Crippen molar-refractivity contribution >= 4 is 27.3 Å². The molecule has 212 valence electrons. The first-order chi connectivity index (χ1) is 19.9. The minimum Gasteiger partial charge on any atom is -0.457 e. The number of rotatable bonds is 11. The van der Waals surface area contributed by atoms with E-state index in [9.17, 15) is 9.90 Å². The maximum Gasteiger partial charge on any atom is 0.195 e. The lowest BCUT2D eigenvalue weighted by Gasteiger charge is -2.26. The predicted octanol–water partition coefficient (Wildman–Crippen LogP) is 5.95. The molecule has 5 aromatic rings. The lowest BCUT2D eigenvalue weighted by atomic mass is 9.99. The SMILES string of the molecule is CC(O)(NCCc1ccccc1)C(=O)C(N)CCCN.c1ccc2cc(Oc3ccc4ccccc4c3)ccc2c1. The van der Waals surface area contributed by atoms with Gasteiger partial charge >= 0.3 is 0 Å². The van der Waals surface area contributed by atoms with E-state index in [4.69, 9.17) is 16.2 Å². The lowest BCUT2D eigenvalue weighted by molar-refractivity contribution is -0.140. The molecule has 0 heterocycles. The molecule has 2 atom stereocenters. The van der Waals surface area contributed by atoms with Gasteiger partial charge in [-0.15, -0.1) is 0 Å². The number of Topliss-reactive ketones (excluding diaryl/α,β-unsaturated/α-hetero) is 1. The Morgan fingerprint density at radius 1 is 0.805 bits per heavy atom. The van der Waals surface area contributed by atoms with E-state index >= 15 is 0 Å². The van der Waals surface area contributed by atoms with Gasteiger partial charge in [0.25, 0.3) is 0 Å². The number of benzene rings is 5. The Morgan fingerprint density at radius 2 is 1.32 bits per heavy atom. The predicted molar refractivity (Wildman–Crippen MR) is 168 cm³/mol. The summed E-state index contributed by atoms with van der Waals surface area (Å²) >= 11 is 0. The molecule has 0 aromatic heterocycles. The zero-order valence-corrected chi connectivity index (χ0v) is 23.5. The average molecular weight is 550 g/mol. The second-order valence-electron chi connectivity index (χ2n) is 10.3. The first-order valence-corrected chi connectivity index (χ1v) is 14.0. The molecular formula is C35H39N3O3. The highest BCUT2D eigenvalue weighted by Gasteiger charge is 2.33. The number of carbonyl (C=O) groups is 1. The Labute approximate surface area is 241 Å². The Hall–Kier alpha value is -4.07. The maximum absolute atomic E-state index is 12.0. The second-order valence-corrected chi connectivity index (χ2v) is 10.3. The van der Waals surface area contributed by atoms with Crippen molar-refractivity contribution in [2.45, 2.75) is 38.0 Å². The van der Waals surface area contributed by atoms with Crippen LogP contribution >= 0.6 is 0 Å². The summed E-state index contributed by atoms with van der Waals surface area (Å²) in [6.07, 6.45) is 1.90. The normalized spacial score (nSPS) is 13.2. The maximum atomic E-state index is 12.0. The second kappa shape index (κ2) is 14.5. The van der Waals surface area contributed by atoms with Crippen molar-refractivity contribution in [1.29, 1.82) is 0 Å². The average Bonchev–Trinajstić information content (AvgIpc) is 3.00. The summed E-state index contributed by atoms with van der Waals surface area (Å²) < 4.78 is 5.99. The van der Waals surface area contributed by atoms with Crippen LogP contribution in [0.1, 0.15) is 25.3 Å². The number of carbonyl (C=O) groups excluding carboxylic acids is 1. The van der Waals surface area contributed by atoms with Crippen LogP contribution in [0.15, 0.2) is 115 Å². The van der Waals surface area contributed by atoms with E-state index in [1.54, 1.807) is 0 Å². The molecule has 0 saturated carbocycles. The van der Waals surface area contributed by atoms with Gasteiger partial charge in [0, 0.05) is 6.54 Å². The van der Waals surface area contributed by atoms with Gasteiger partial charge in [-0.2, -0.15) is 0 Å². The number of nitrogens with two attached hydrogens (primary N) is 2. The lowest BCUT2D eigenvalue weighted by Crippen LogP contribution is -2.56. The Morgan fingerprint density at radius 3 is 1.85 bits per heavy atom. The quantitative estimate of drug-likeness (QED) is 0.152. The fourth-order valence-corrected chi connectivity index (χ4v) is 4.61. The molecule has 0 amide bonds. The summed E-state index contributed by atoms with van der Waals surface area (Å²) in [6, 6.07) is 38.1. The summed E-state index contributed by atoms with van der Waals surface area (Å²) in [5.41, 5.74) is 10.7. The van der Waals surface area contributed by atoms with Crippen LogP contribution in [-0.4, -0.2) is 35.7 Å². The largest absolute Gasteiger partial charge is 0.457 e. The third-order valence-corrected chi connectivity index (χ3v) is 6.94. The highest BCUT2D eigenvalue weighted by Crippen LogP contribution is 2.28. The molecule has 0 aliphatic rings. The van der Waals surface area contributed by atoms with E-state index in [2.05, 4.69) is 53.8 Å². The molecule has 2 unspecified atom stereocenters. The molecule has 6 N–H and O–H groups in total. The van der Waals surface area contributed by atoms with Gasteiger partial charge in [0.15, 0.2) is 11.5 Å². The molecule has 0 aliphatic heterocycles. The molecular weight excluding hydrogens is 510 g/mol. The summed E-state index contributed by atoms with van der Waals surface area (Å²) in [4.78, 5) is 12.0. The standard InChI is InChI=1S/C20H14O.C15H25N3O2/c1-3-7-17-13-19(11-9-15(17)5-1)21-20-12-10-16-6-2-4-8-18(16)14-20;1-15(20,14(19)13(17)8-5-10-16)18-11-9-12-6-3-2-4-7-12/h1-14H;2-4,6-7,13,18,20H,5,8-11,16-17H2,1H3. The smallest absolute Gasteiger partial charge is 0.195 e. The van der Waals surface area contributed by atoms with E-state index < -0.39 is 11.8 Å². The van der Waals surface area contributed by atoms with Crippen molar-refractivity contribution in [3.8, 4) is 11.5 Å². The Kier molecular flexibility index (Phi) is 10.6. The highest BCUT2D eigenvalue weighted by molar-refractivity contribution is 5.90. The number of nitrogens with one attached hydrogen (secondary N) is 1. The van der Waals surface area contributed by atoms with E-state index in [0.29, 0.717) is 25.9 Å². The number of ketones is 1. The van der Waals surface area contributed by atoms with Crippen molar-refractivity contribution in [1.82, 2.24) is 5.32 Å². The molecule has 0 bridgehead atoms. The fourth-order valence-electron chi connectivity index (χ4n) is 4.61. The van der Waals surface area contributed by atoms with E-state index in [0.717, 1.165) is 23.5 Å². The van der Waals surface area contributed by atoms with Crippen LogP contribution in [0, 0.1) is 0 Å². The van der Waals surface area contributed by atoms with Gasteiger partial charge in [-0.1, -0.05) is 91.0 Å². The Balaban J connectivity index is 0.000000189. The monoisotopic (exact) mass is 549 g/mol. The molecule has 6 nitrogen and oxygen atoms in total. The van der Waals surface area contributed by atoms with E-state index in [1.807, 2.05) is 66.7 Å². The Bertz CT molecular complexity index is 1480. The summed E-state index contributed by atoms with van der Waals surface area (Å²) in [5.74, 6) is 1.34. The van der Waals surface area contributed by atoms with Crippen molar-refractivity contribution in [3.05, 3.63) is 121 Å².